The van der Waals surface area contributed by atoms with Crippen LogP contribution in [0.1, 0.15) is 5.56 Å². The molecule has 4 nitrogen and oxygen atoms in total. The third-order valence-electron chi connectivity index (χ3n) is 1.62. The molecule has 1 aromatic rings. The van der Waals surface area contributed by atoms with Gasteiger partial charge in [0.25, 0.3) is 0 Å². The van der Waals surface area contributed by atoms with E-state index in [4.69, 9.17) is 16.9 Å². The Hall–Kier alpha value is -1.12. The second-order valence-corrected chi connectivity index (χ2v) is 4.82. The van der Waals surface area contributed by atoms with E-state index in [0.717, 1.165) is 0 Å². The van der Waals surface area contributed by atoms with Gasteiger partial charge in [-0.1, -0.05) is 11.6 Å². The monoisotopic (exact) mass is 243 g/mol. The second-order valence-electron chi connectivity index (χ2n) is 2.88. The molecule has 1 unspecified atom stereocenters. The molecular weight excluding hydrogens is 234 g/mol. The number of hydrogen-bond donors (Lipinski definition) is 1. The predicted octanol–water partition coefficient (Wildman–Crippen LogP) is 1.40. The minimum atomic E-state index is -0.840. The van der Waals surface area contributed by atoms with Crippen LogP contribution in [0.5, 0.6) is 0 Å². The van der Waals surface area contributed by atoms with E-state index >= 15 is 0 Å². The van der Waals surface area contributed by atoms with Crippen molar-refractivity contribution in [2.75, 3.05) is 23.9 Å². The molecule has 6 heteroatoms. The highest BCUT2D eigenvalue weighted by molar-refractivity contribution is 7.84. The smallest absolute Gasteiger partial charge is 0.132 e. The van der Waals surface area contributed by atoms with Gasteiger partial charge in [0.1, 0.15) is 11.0 Å². The molecular formula is C9H10ClN3OS. The number of nitrogens with one attached hydrogen (secondary N) is 1. The molecule has 0 amide bonds. The average molecular weight is 244 g/mol. The van der Waals surface area contributed by atoms with Gasteiger partial charge in [0.2, 0.25) is 0 Å². The van der Waals surface area contributed by atoms with Crippen molar-refractivity contribution in [3.05, 3.63) is 22.8 Å². The van der Waals surface area contributed by atoms with E-state index in [1.165, 1.54) is 6.07 Å². The Labute approximate surface area is 95.7 Å². The Morgan fingerprint density at radius 3 is 3.00 bits per heavy atom. The number of halogens is 1. The number of hydrogen-bond acceptors (Lipinski definition) is 4. The van der Waals surface area contributed by atoms with Crippen molar-refractivity contribution < 1.29 is 4.21 Å². The zero-order valence-electron chi connectivity index (χ0n) is 8.16. The third-order valence-corrected chi connectivity index (χ3v) is 2.59. The Bertz CT molecular complexity index is 416. The van der Waals surface area contributed by atoms with Gasteiger partial charge in [-0.05, 0) is 12.1 Å². The van der Waals surface area contributed by atoms with Crippen molar-refractivity contribution in [1.82, 2.24) is 4.98 Å². The maximum absolute atomic E-state index is 10.8. The molecule has 0 radical (unpaired) electrons. The second kappa shape index (κ2) is 5.69. The van der Waals surface area contributed by atoms with Crippen LogP contribution < -0.4 is 5.32 Å². The van der Waals surface area contributed by atoms with Crippen LogP contribution in [0.4, 0.5) is 5.82 Å². The lowest BCUT2D eigenvalue weighted by atomic mass is 10.3. The first-order valence-corrected chi connectivity index (χ1v) is 6.34. The van der Waals surface area contributed by atoms with Gasteiger partial charge in [-0.15, -0.1) is 0 Å². The molecule has 1 heterocycles. The first-order valence-electron chi connectivity index (χ1n) is 4.23. The van der Waals surface area contributed by atoms with E-state index < -0.39 is 10.8 Å². The van der Waals surface area contributed by atoms with Crippen LogP contribution in [0.15, 0.2) is 12.1 Å². The molecule has 0 aliphatic rings. The summed E-state index contributed by atoms with van der Waals surface area (Å²) in [6, 6.07) is 5.08. The summed E-state index contributed by atoms with van der Waals surface area (Å²) >= 11 is 5.71. The first-order chi connectivity index (χ1) is 7.11. The van der Waals surface area contributed by atoms with Gasteiger partial charge >= 0.3 is 0 Å². The normalized spacial score (nSPS) is 11.8. The number of anilines is 1. The lowest BCUT2D eigenvalue weighted by molar-refractivity contribution is 0.687. The van der Waals surface area contributed by atoms with E-state index in [2.05, 4.69) is 10.3 Å². The van der Waals surface area contributed by atoms with E-state index in [1.807, 2.05) is 6.07 Å². The molecule has 1 rings (SSSR count). The Kier molecular flexibility index (Phi) is 4.53. The fourth-order valence-corrected chi connectivity index (χ4v) is 1.57. The van der Waals surface area contributed by atoms with E-state index in [-0.39, 0.29) is 5.15 Å². The summed E-state index contributed by atoms with van der Waals surface area (Å²) in [5.74, 6) is 1.07. The molecule has 0 aliphatic heterocycles. The van der Waals surface area contributed by atoms with Crippen LogP contribution in [-0.2, 0) is 10.8 Å². The van der Waals surface area contributed by atoms with Gasteiger partial charge in [-0.25, -0.2) is 4.98 Å². The summed E-state index contributed by atoms with van der Waals surface area (Å²) < 4.78 is 10.8. The molecule has 1 aromatic heterocycles. The van der Waals surface area contributed by atoms with Gasteiger partial charge < -0.3 is 5.32 Å². The number of pyridine rings is 1. The highest BCUT2D eigenvalue weighted by Gasteiger charge is 2.00. The highest BCUT2D eigenvalue weighted by Crippen LogP contribution is 2.13. The minimum absolute atomic E-state index is 0.272. The van der Waals surface area contributed by atoms with Crippen LogP contribution in [0.2, 0.25) is 5.15 Å². The Balaban J connectivity index is 2.65. The van der Waals surface area contributed by atoms with Gasteiger partial charge in [-0.2, -0.15) is 5.26 Å². The van der Waals surface area contributed by atoms with Gasteiger partial charge in [-0.3, -0.25) is 4.21 Å². The molecule has 80 valence electrons. The molecule has 0 saturated carbocycles. The van der Waals surface area contributed by atoms with Crippen LogP contribution in [0.3, 0.4) is 0 Å². The van der Waals surface area contributed by atoms with Crippen LogP contribution in [0, 0.1) is 11.3 Å². The number of aromatic nitrogens is 1. The molecule has 15 heavy (non-hydrogen) atoms. The predicted molar refractivity (Wildman–Crippen MR) is 61.4 cm³/mol. The number of nitriles is 1. The Morgan fingerprint density at radius 2 is 2.40 bits per heavy atom. The molecule has 1 N–H and O–H groups in total. The Morgan fingerprint density at radius 1 is 1.67 bits per heavy atom. The quantitative estimate of drug-likeness (QED) is 0.812. The maximum Gasteiger partial charge on any atom is 0.132 e. The fraction of sp³-hybridized carbons (Fsp3) is 0.333. The van der Waals surface area contributed by atoms with Crippen molar-refractivity contribution in [3.63, 3.8) is 0 Å². The maximum atomic E-state index is 10.8. The molecule has 0 bridgehead atoms. The van der Waals surface area contributed by atoms with E-state index in [0.29, 0.717) is 23.7 Å². The molecule has 0 saturated heterocycles. The first kappa shape index (κ1) is 12.0. The fourth-order valence-electron chi connectivity index (χ4n) is 0.975. The zero-order chi connectivity index (χ0) is 11.3. The molecule has 0 aliphatic carbocycles. The standard InChI is InChI=1S/C9H10ClN3OS/c1-15(14)3-2-12-9-5-7(6-11)4-8(10)13-9/h4-5H,2-3H2,1H3,(H,12,13). The van der Waals surface area contributed by atoms with Crippen molar-refractivity contribution in [2.24, 2.45) is 0 Å². The summed E-state index contributed by atoms with van der Waals surface area (Å²) in [6.07, 6.45) is 1.63. The van der Waals surface area contributed by atoms with Crippen molar-refractivity contribution in [1.29, 1.82) is 5.26 Å². The van der Waals surface area contributed by atoms with Gasteiger partial charge in [0.05, 0.1) is 11.6 Å². The minimum Gasteiger partial charge on any atom is -0.369 e. The average Bonchev–Trinajstić information content (AvgIpc) is 2.16. The van der Waals surface area contributed by atoms with Crippen LogP contribution in [-0.4, -0.2) is 27.7 Å². The van der Waals surface area contributed by atoms with Crippen molar-refractivity contribution >= 4 is 28.2 Å². The molecule has 0 fully saturated rings. The molecule has 1 atom stereocenters. The number of nitrogens with zero attached hydrogens (tertiary/aromatic N) is 2. The molecule has 0 aromatic carbocycles. The van der Waals surface area contributed by atoms with E-state index in [1.54, 1.807) is 12.3 Å². The topological polar surface area (TPSA) is 65.8 Å². The third kappa shape index (κ3) is 4.28. The van der Waals surface area contributed by atoms with Gasteiger partial charge in [0, 0.05) is 29.4 Å². The summed E-state index contributed by atoms with van der Waals surface area (Å²) in [4.78, 5) is 3.98. The molecule has 0 spiro atoms. The van der Waals surface area contributed by atoms with Crippen LogP contribution in [0.25, 0.3) is 0 Å². The zero-order valence-corrected chi connectivity index (χ0v) is 9.73. The van der Waals surface area contributed by atoms with Crippen LogP contribution >= 0.6 is 11.6 Å². The van der Waals surface area contributed by atoms with E-state index in [9.17, 15) is 4.21 Å². The SMILES string of the molecule is CS(=O)CCNc1cc(C#N)cc(Cl)n1. The summed E-state index contributed by atoms with van der Waals surface area (Å²) in [6.45, 7) is 0.543. The highest BCUT2D eigenvalue weighted by atomic mass is 35.5. The lowest BCUT2D eigenvalue weighted by Crippen LogP contribution is -2.10. The largest absolute Gasteiger partial charge is 0.369 e. The summed E-state index contributed by atoms with van der Waals surface area (Å²) in [7, 11) is -0.840. The lowest BCUT2D eigenvalue weighted by Gasteiger charge is -2.04. The van der Waals surface area contributed by atoms with Gasteiger partial charge in [0.15, 0.2) is 0 Å². The van der Waals surface area contributed by atoms with Crippen molar-refractivity contribution in [3.8, 4) is 6.07 Å². The summed E-state index contributed by atoms with van der Waals surface area (Å²) in [5, 5.41) is 11.9. The summed E-state index contributed by atoms with van der Waals surface area (Å²) in [5.41, 5.74) is 0.454. The van der Waals surface area contributed by atoms with Crippen molar-refractivity contribution in [2.45, 2.75) is 0 Å². The number of rotatable bonds is 4.